The molecule has 4 nitrogen and oxygen atoms in total. The van der Waals surface area contributed by atoms with E-state index in [2.05, 4.69) is 29.1 Å². The van der Waals surface area contributed by atoms with E-state index in [1.807, 2.05) is 19.3 Å². The van der Waals surface area contributed by atoms with E-state index in [1.165, 1.54) is 0 Å². The van der Waals surface area contributed by atoms with Gasteiger partial charge in [-0.05, 0) is 31.7 Å². The van der Waals surface area contributed by atoms with Crippen LogP contribution in [0.25, 0.3) is 0 Å². The van der Waals surface area contributed by atoms with Crippen molar-refractivity contribution in [2.24, 2.45) is 0 Å². The third-order valence-corrected chi connectivity index (χ3v) is 4.65. The SMILES string of the molecule is Cc1cnc(SC2CCC(CO)(NC(C)C)C2)nc1. The van der Waals surface area contributed by atoms with Gasteiger partial charge in [0.25, 0.3) is 0 Å². The van der Waals surface area contributed by atoms with Crippen LogP contribution in [0.3, 0.4) is 0 Å². The first-order valence-corrected chi connectivity index (χ1v) is 7.75. The molecule has 0 saturated heterocycles. The van der Waals surface area contributed by atoms with Gasteiger partial charge in [0.1, 0.15) is 0 Å². The predicted octanol–water partition coefficient (Wildman–Crippen LogP) is 2.16. The molecule has 1 saturated carbocycles. The zero-order valence-corrected chi connectivity index (χ0v) is 12.7. The molecule has 2 atom stereocenters. The molecule has 0 amide bonds. The first kappa shape index (κ1) is 14.8. The Balaban J connectivity index is 1.95. The van der Waals surface area contributed by atoms with Crippen LogP contribution in [0.15, 0.2) is 17.6 Å². The molecule has 106 valence electrons. The number of aryl methyl sites for hydroxylation is 1. The van der Waals surface area contributed by atoms with E-state index in [0.717, 1.165) is 30.0 Å². The number of nitrogens with zero attached hydrogens (tertiary/aromatic N) is 2. The van der Waals surface area contributed by atoms with Gasteiger partial charge in [-0.2, -0.15) is 0 Å². The summed E-state index contributed by atoms with van der Waals surface area (Å²) in [5.74, 6) is 0. The topological polar surface area (TPSA) is 58.0 Å². The zero-order valence-electron chi connectivity index (χ0n) is 11.9. The number of aliphatic hydroxyl groups is 1. The van der Waals surface area contributed by atoms with E-state index in [0.29, 0.717) is 11.3 Å². The normalized spacial score (nSPS) is 27.1. The maximum atomic E-state index is 9.68. The fourth-order valence-electron chi connectivity index (χ4n) is 2.70. The minimum Gasteiger partial charge on any atom is -0.394 e. The summed E-state index contributed by atoms with van der Waals surface area (Å²) in [5, 5.41) is 14.5. The van der Waals surface area contributed by atoms with Gasteiger partial charge in [-0.3, -0.25) is 0 Å². The molecule has 0 aromatic carbocycles. The highest BCUT2D eigenvalue weighted by Crippen LogP contribution is 2.39. The summed E-state index contributed by atoms with van der Waals surface area (Å²) < 4.78 is 0. The lowest BCUT2D eigenvalue weighted by Gasteiger charge is -2.31. The predicted molar refractivity (Wildman–Crippen MR) is 78.4 cm³/mol. The van der Waals surface area contributed by atoms with Crippen LogP contribution in [0, 0.1) is 6.92 Å². The van der Waals surface area contributed by atoms with Gasteiger partial charge in [0.2, 0.25) is 0 Å². The van der Waals surface area contributed by atoms with Crippen molar-refractivity contribution in [2.45, 2.75) is 62.0 Å². The largest absolute Gasteiger partial charge is 0.394 e. The fourth-order valence-corrected chi connectivity index (χ4v) is 3.86. The first-order chi connectivity index (χ1) is 9.03. The van der Waals surface area contributed by atoms with E-state index in [1.54, 1.807) is 11.8 Å². The average Bonchev–Trinajstić information content (AvgIpc) is 2.75. The Morgan fingerprint density at radius 3 is 2.74 bits per heavy atom. The molecule has 5 heteroatoms. The molecule has 1 fully saturated rings. The second kappa shape index (κ2) is 6.20. The maximum absolute atomic E-state index is 9.68. The van der Waals surface area contributed by atoms with Gasteiger partial charge < -0.3 is 10.4 Å². The van der Waals surface area contributed by atoms with Crippen LogP contribution < -0.4 is 5.32 Å². The van der Waals surface area contributed by atoms with Crippen molar-refractivity contribution in [3.8, 4) is 0 Å². The molecule has 1 aromatic rings. The quantitative estimate of drug-likeness (QED) is 0.810. The highest BCUT2D eigenvalue weighted by Gasteiger charge is 2.39. The summed E-state index contributed by atoms with van der Waals surface area (Å²) in [6.07, 6.45) is 6.81. The average molecular weight is 281 g/mol. The van der Waals surface area contributed by atoms with Gasteiger partial charge in [-0.1, -0.05) is 25.6 Å². The standard InChI is InChI=1S/C14H23N3OS/c1-10(2)17-14(9-18)5-4-12(6-14)19-13-15-7-11(3)8-16-13/h7-8,10,12,17-18H,4-6,9H2,1-3H3. The van der Waals surface area contributed by atoms with Crippen molar-refractivity contribution in [3.63, 3.8) is 0 Å². The monoisotopic (exact) mass is 281 g/mol. The third-order valence-electron chi connectivity index (χ3n) is 3.49. The maximum Gasteiger partial charge on any atom is 0.187 e. The molecule has 19 heavy (non-hydrogen) atoms. The van der Waals surface area contributed by atoms with Crippen molar-refractivity contribution in [3.05, 3.63) is 18.0 Å². The first-order valence-electron chi connectivity index (χ1n) is 6.87. The summed E-state index contributed by atoms with van der Waals surface area (Å²) in [6, 6.07) is 0.395. The fraction of sp³-hybridized carbons (Fsp3) is 0.714. The van der Waals surface area contributed by atoms with Crippen LogP contribution in [-0.4, -0.2) is 38.5 Å². The Morgan fingerprint density at radius 1 is 1.47 bits per heavy atom. The van der Waals surface area contributed by atoms with Gasteiger partial charge in [0.15, 0.2) is 5.16 Å². The molecule has 2 rings (SSSR count). The molecule has 1 aliphatic carbocycles. The van der Waals surface area contributed by atoms with Crippen LogP contribution in [0.5, 0.6) is 0 Å². The lowest BCUT2D eigenvalue weighted by Crippen LogP contribution is -2.49. The van der Waals surface area contributed by atoms with Crippen LogP contribution in [0.2, 0.25) is 0 Å². The van der Waals surface area contributed by atoms with Crippen molar-refractivity contribution >= 4 is 11.8 Å². The van der Waals surface area contributed by atoms with Crippen molar-refractivity contribution in [1.82, 2.24) is 15.3 Å². The minimum atomic E-state index is -0.115. The van der Waals surface area contributed by atoms with Crippen molar-refractivity contribution < 1.29 is 5.11 Å². The number of hydrogen-bond acceptors (Lipinski definition) is 5. The van der Waals surface area contributed by atoms with Crippen molar-refractivity contribution in [2.75, 3.05) is 6.61 Å². The lowest BCUT2D eigenvalue weighted by molar-refractivity contribution is 0.156. The van der Waals surface area contributed by atoms with Gasteiger partial charge >= 0.3 is 0 Å². The summed E-state index contributed by atoms with van der Waals surface area (Å²) in [7, 11) is 0. The summed E-state index contributed by atoms with van der Waals surface area (Å²) in [4.78, 5) is 8.69. The van der Waals surface area contributed by atoms with E-state index < -0.39 is 0 Å². The number of aromatic nitrogens is 2. The molecule has 0 spiro atoms. The summed E-state index contributed by atoms with van der Waals surface area (Å²) in [6.45, 7) is 6.45. The Morgan fingerprint density at radius 2 is 2.16 bits per heavy atom. The minimum absolute atomic E-state index is 0.115. The van der Waals surface area contributed by atoms with Crippen LogP contribution in [0.1, 0.15) is 38.7 Å². The van der Waals surface area contributed by atoms with Gasteiger partial charge in [-0.15, -0.1) is 0 Å². The summed E-state index contributed by atoms with van der Waals surface area (Å²) >= 11 is 1.73. The molecule has 0 aliphatic heterocycles. The second-order valence-electron chi connectivity index (χ2n) is 5.76. The molecular formula is C14H23N3OS. The molecule has 1 aromatic heterocycles. The number of thioether (sulfide) groups is 1. The zero-order chi connectivity index (χ0) is 13.9. The number of rotatable bonds is 5. The molecule has 1 aliphatic rings. The Kier molecular flexibility index (Phi) is 4.81. The molecule has 2 unspecified atom stereocenters. The molecule has 2 N–H and O–H groups in total. The van der Waals surface area contributed by atoms with Gasteiger partial charge in [-0.25, -0.2) is 9.97 Å². The Hall–Kier alpha value is -0.650. The van der Waals surface area contributed by atoms with Crippen LogP contribution in [0.4, 0.5) is 0 Å². The third kappa shape index (κ3) is 3.91. The second-order valence-corrected chi connectivity index (χ2v) is 7.03. The molecule has 0 bridgehead atoms. The van der Waals surface area contributed by atoms with E-state index in [9.17, 15) is 5.11 Å². The highest BCUT2D eigenvalue weighted by molar-refractivity contribution is 7.99. The molecule has 0 radical (unpaired) electrons. The van der Waals surface area contributed by atoms with E-state index >= 15 is 0 Å². The van der Waals surface area contributed by atoms with Gasteiger partial charge in [0, 0.05) is 29.2 Å². The highest BCUT2D eigenvalue weighted by atomic mass is 32.2. The smallest absolute Gasteiger partial charge is 0.187 e. The Labute approximate surface area is 119 Å². The number of hydrogen-bond donors (Lipinski definition) is 2. The molecule has 1 heterocycles. The lowest BCUT2D eigenvalue weighted by atomic mass is 9.98. The molecular weight excluding hydrogens is 258 g/mol. The number of nitrogens with one attached hydrogen (secondary N) is 1. The van der Waals surface area contributed by atoms with E-state index in [4.69, 9.17) is 0 Å². The van der Waals surface area contributed by atoms with Gasteiger partial charge in [0.05, 0.1) is 6.61 Å². The Bertz CT molecular complexity index is 410. The number of aliphatic hydroxyl groups excluding tert-OH is 1. The van der Waals surface area contributed by atoms with E-state index in [-0.39, 0.29) is 12.1 Å². The van der Waals surface area contributed by atoms with Crippen molar-refractivity contribution in [1.29, 1.82) is 0 Å². The van der Waals surface area contributed by atoms with Crippen LogP contribution in [-0.2, 0) is 0 Å². The summed E-state index contributed by atoms with van der Waals surface area (Å²) in [5.41, 5.74) is 0.971. The van der Waals surface area contributed by atoms with Crippen LogP contribution >= 0.6 is 11.8 Å².